The molecule has 2 nitrogen and oxygen atoms in total. The zero-order valence-electron chi connectivity index (χ0n) is 10.5. The second-order valence-corrected chi connectivity index (χ2v) is 6.94. The second kappa shape index (κ2) is 4.06. The number of hydrogen-bond acceptors (Lipinski definition) is 2. The van der Waals surface area contributed by atoms with Crippen LogP contribution in [0, 0.1) is 5.92 Å². The monoisotopic (exact) mass is 306 g/mol. The van der Waals surface area contributed by atoms with Crippen LogP contribution in [0.25, 0.3) is 0 Å². The van der Waals surface area contributed by atoms with Crippen molar-refractivity contribution < 1.29 is 0 Å². The van der Waals surface area contributed by atoms with E-state index in [1.807, 2.05) is 0 Å². The molecule has 1 aromatic carbocycles. The summed E-state index contributed by atoms with van der Waals surface area (Å²) in [5.41, 5.74) is 1.96. The third kappa shape index (κ3) is 1.47. The molecule has 3 fully saturated rings. The summed E-state index contributed by atoms with van der Waals surface area (Å²) in [6, 6.07) is 9.37. The maximum absolute atomic E-state index is 3.79. The third-order valence-corrected chi connectivity index (χ3v) is 5.88. The van der Waals surface area contributed by atoms with Gasteiger partial charge >= 0.3 is 0 Å². The fourth-order valence-electron chi connectivity index (χ4n) is 4.31. The molecule has 4 rings (SSSR count). The van der Waals surface area contributed by atoms with Crippen LogP contribution >= 0.6 is 15.9 Å². The van der Waals surface area contributed by atoms with E-state index in [0.717, 1.165) is 18.5 Å². The van der Waals surface area contributed by atoms with Gasteiger partial charge in [-0.25, -0.2) is 0 Å². The Bertz CT molecular complexity index is 467. The molecule has 1 aromatic rings. The first-order valence-electron chi connectivity index (χ1n) is 7.02. The maximum atomic E-state index is 3.79. The number of hydrogen-bond donors (Lipinski definition) is 1. The quantitative estimate of drug-likeness (QED) is 0.924. The van der Waals surface area contributed by atoms with Gasteiger partial charge < -0.3 is 5.32 Å². The van der Waals surface area contributed by atoms with E-state index >= 15 is 0 Å². The molecule has 3 heteroatoms. The van der Waals surface area contributed by atoms with Crippen LogP contribution in [0.15, 0.2) is 28.7 Å². The Kier molecular flexibility index (Phi) is 2.58. The lowest BCUT2D eigenvalue weighted by Gasteiger charge is -2.63. The first kappa shape index (κ1) is 11.4. The molecule has 0 amide bonds. The van der Waals surface area contributed by atoms with Gasteiger partial charge in [0.25, 0.3) is 0 Å². The minimum Gasteiger partial charge on any atom is -0.307 e. The molecule has 0 bridgehead atoms. The number of benzene rings is 1. The molecule has 3 unspecified atom stereocenters. The van der Waals surface area contributed by atoms with Crippen molar-refractivity contribution in [1.82, 2.24) is 10.2 Å². The molecular formula is C15H19BrN2. The van der Waals surface area contributed by atoms with Crippen molar-refractivity contribution in [3.8, 4) is 0 Å². The molecule has 3 atom stereocenters. The topological polar surface area (TPSA) is 15.3 Å². The first-order chi connectivity index (χ1) is 8.79. The first-order valence-corrected chi connectivity index (χ1v) is 7.81. The van der Waals surface area contributed by atoms with Crippen LogP contribution < -0.4 is 5.32 Å². The van der Waals surface area contributed by atoms with Crippen LogP contribution in [-0.4, -0.2) is 29.6 Å². The van der Waals surface area contributed by atoms with Gasteiger partial charge in [-0.3, -0.25) is 4.90 Å². The highest BCUT2D eigenvalue weighted by molar-refractivity contribution is 9.10. The Morgan fingerprint density at radius 2 is 2.33 bits per heavy atom. The van der Waals surface area contributed by atoms with Crippen molar-refractivity contribution in [2.45, 2.75) is 37.4 Å². The molecule has 96 valence electrons. The van der Waals surface area contributed by atoms with Gasteiger partial charge in [0.1, 0.15) is 0 Å². The average Bonchev–Trinajstić information content (AvgIpc) is 2.48. The number of rotatable bonds is 3. The van der Waals surface area contributed by atoms with Gasteiger partial charge in [-0.05, 0) is 49.4 Å². The van der Waals surface area contributed by atoms with E-state index in [-0.39, 0.29) is 0 Å². The van der Waals surface area contributed by atoms with E-state index in [2.05, 4.69) is 50.4 Å². The van der Waals surface area contributed by atoms with Crippen LogP contribution in [0.4, 0.5) is 0 Å². The molecule has 2 aliphatic heterocycles. The molecule has 2 saturated heterocycles. The minimum atomic E-state index is 0.575. The van der Waals surface area contributed by atoms with Crippen LogP contribution in [0.5, 0.6) is 0 Å². The average molecular weight is 307 g/mol. The Morgan fingerprint density at radius 1 is 1.39 bits per heavy atom. The highest BCUT2D eigenvalue weighted by atomic mass is 79.9. The molecule has 1 saturated carbocycles. The zero-order valence-corrected chi connectivity index (χ0v) is 12.1. The summed E-state index contributed by atoms with van der Waals surface area (Å²) in [6.45, 7) is 3.62. The number of nitrogens with one attached hydrogen (secondary N) is 1. The van der Waals surface area contributed by atoms with Gasteiger partial charge in [0.05, 0.1) is 0 Å². The van der Waals surface area contributed by atoms with Crippen molar-refractivity contribution in [2.75, 3.05) is 13.1 Å². The largest absolute Gasteiger partial charge is 0.307 e. The van der Waals surface area contributed by atoms with E-state index in [9.17, 15) is 0 Å². The van der Waals surface area contributed by atoms with E-state index in [1.165, 1.54) is 42.4 Å². The number of nitrogens with zero attached hydrogens (tertiary/aromatic N) is 1. The summed E-state index contributed by atoms with van der Waals surface area (Å²) in [4.78, 5) is 2.72. The van der Waals surface area contributed by atoms with Crippen LogP contribution in [0.3, 0.4) is 0 Å². The Morgan fingerprint density at radius 3 is 3.06 bits per heavy atom. The van der Waals surface area contributed by atoms with Gasteiger partial charge in [-0.2, -0.15) is 0 Å². The van der Waals surface area contributed by atoms with Crippen molar-refractivity contribution >= 4 is 15.9 Å². The predicted molar refractivity (Wildman–Crippen MR) is 76.4 cm³/mol. The van der Waals surface area contributed by atoms with Gasteiger partial charge in [-0.1, -0.05) is 28.1 Å². The summed E-state index contributed by atoms with van der Waals surface area (Å²) in [7, 11) is 0. The molecule has 0 radical (unpaired) electrons. The van der Waals surface area contributed by atoms with Gasteiger partial charge in [0.2, 0.25) is 0 Å². The minimum absolute atomic E-state index is 0.575. The van der Waals surface area contributed by atoms with Gasteiger partial charge in [0, 0.05) is 29.1 Å². The summed E-state index contributed by atoms with van der Waals surface area (Å²) < 4.78 is 1.18. The Labute approximate surface area is 117 Å². The van der Waals surface area contributed by atoms with Crippen LogP contribution in [0.2, 0.25) is 0 Å². The summed E-state index contributed by atoms with van der Waals surface area (Å²) in [6.07, 6.45) is 4.33. The van der Waals surface area contributed by atoms with E-state index in [1.54, 1.807) is 0 Å². The smallest absolute Gasteiger partial charge is 0.0404 e. The van der Waals surface area contributed by atoms with Gasteiger partial charge in [-0.15, -0.1) is 0 Å². The maximum Gasteiger partial charge on any atom is 0.0404 e. The highest BCUT2D eigenvalue weighted by Crippen LogP contribution is 2.57. The fraction of sp³-hybridized carbons (Fsp3) is 0.600. The standard InChI is InChI=1S/C15H19BrN2/c16-13-3-1-2-11(8-13)9-17-14-10-18-7-5-12-4-6-15(12,14)18/h1-3,8,12,14,17H,4-7,9-10H2. The van der Waals surface area contributed by atoms with Crippen molar-refractivity contribution in [1.29, 1.82) is 0 Å². The number of halogens is 1. The molecule has 18 heavy (non-hydrogen) atoms. The summed E-state index contributed by atoms with van der Waals surface area (Å²) in [5, 5.41) is 3.79. The Balaban J connectivity index is 1.42. The fourth-order valence-corrected chi connectivity index (χ4v) is 4.76. The van der Waals surface area contributed by atoms with Gasteiger partial charge in [0.15, 0.2) is 0 Å². The second-order valence-electron chi connectivity index (χ2n) is 6.02. The SMILES string of the molecule is Brc1cccc(CNC2CN3CCC4CCC423)c1. The lowest BCUT2D eigenvalue weighted by atomic mass is 9.59. The van der Waals surface area contributed by atoms with Crippen LogP contribution in [0.1, 0.15) is 24.8 Å². The van der Waals surface area contributed by atoms with Crippen molar-refractivity contribution in [3.63, 3.8) is 0 Å². The third-order valence-electron chi connectivity index (χ3n) is 5.38. The predicted octanol–water partition coefficient (Wildman–Crippen LogP) is 2.78. The summed E-state index contributed by atoms with van der Waals surface area (Å²) in [5.74, 6) is 0.992. The summed E-state index contributed by atoms with van der Waals surface area (Å²) >= 11 is 3.54. The molecular weight excluding hydrogens is 288 g/mol. The van der Waals surface area contributed by atoms with Crippen LogP contribution in [-0.2, 0) is 6.54 Å². The molecule has 0 aromatic heterocycles. The van der Waals surface area contributed by atoms with E-state index < -0.39 is 0 Å². The van der Waals surface area contributed by atoms with E-state index in [0.29, 0.717) is 5.54 Å². The highest BCUT2D eigenvalue weighted by Gasteiger charge is 2.65. The molecule has 3 aliphatic rings. The lowest BCUT2D eigenvalue weighted by Crippen LogP contribution is -2.77. The normalized spacial score (nSPS) is 37.6. The van der Waals surface area contributed by atoms with Crippen molar-refractivity contribution in [3.05, 3.63) is 34.3 Å². The van der Waals surface area contributed by atoms with E-state index in [4.69, 9.17) is 0 Å². The van der Waals surface area contributed by atoms with Crippen molar-refractivity contribution in [2.24, 2.45) is 5.92 Å². The molecule has 1 N–H and O–H groups in total. The lowest BCUT2D eigenvalue weighted by molar-refractivity contribution is -0.101. The Hall–Kier alpha value is -0.380. The molecule has 2 heterocycles. The molecule has 1 spiro atoms. The zero-order chi connectivity index (χ0) is 12.2. The molecule has 1 aliphatic carbocycles.